The van der Waals surface area contributed by atoms with Gasteiger partial charge in [0.2, 0.25) is 0 Å². The normalized spacial score (nSPS) is 14.6. The van der Waals surface area contributed by atoms with Gasteiger partial charge in [-0.3, -0.25) is 0 Å². The summed E-state index contributed by atoms with van der Waals surface area (Å²) in [6.07, 6.45) is -2.76. The van der Waals surface area contributed by atoms with Crippen LogP contribution in [-0.4, -0.2) is 0 Å². The second kappa shape index (κ2) is 5.52. The summed E-state index contributed by atoms with van der Waals surface area (Å²) in [6, 6.07) is 5.26. The summed E-state index contributed by atoms with van der Waals surface area (Å²) in [5.41, 5.74) is 0.0338. The first-order valence-corrected chi connectivity index (χ1v) is 6.34. The van der Waals surface area contributed by atoms with Gasteiger partial charge < -0.3 is 0 Å². The van der Waals surface area contributed by atoms with Gasteiger partial charge in [0.15, 0.2) is 0 Å². The topological polar surface area (TPSA) is 0 Å². The van der Waals surface area contributed by atoms with Crippen LogP contribution in [0.4, 0.5) is 13.2 Å². The molecule has 0 aliphatic carbocycles. The van der Waals surface area contributed by atoms with Crippen LogP contribution in [0.1, 0.15) is 50.1 Å². The molecule has 0 N–H and O–H groups in total. The van der Waals surface area contributed by atoms with Crippen molar-refractivity contribution in [3.05, 3.63) is 35.4 Å². The van der Waals surface area contributed by atoms with Crippen LogP contribution in [0.15, 0.2) is 24.3 Å². The van der Waals surface area contributed by atoms with Gasteiger partial charge in [-0.05, 0) is 29.9 Å². The molecule has 4 heteroatoms. The van der Waals surface area contributed by atoms with Crippen molar-refractivity contribution in [3.8, 4) is 0 Å². The Labute approximate surface area is 111 Å². The molecule has 0 bridgehead atoms. The van der Waals surface area contributed by atoms with Crippen LogP contribution in [0.2, 0.25) is 0 Å². The number of halogens is 4. The molecule has 18 heavy (non-hydrogen) atoms. The lowest BCUT2D eigenvalue weighted by Crippen LogP contribution is -2.08. The summed E-state index contributed by atoms with van der Waals surface area (Å²) in [6.45, 7) is 6.26. The Morgan fingerprint density at radius 3 is 2.28 bits per heavy atom. The summed E-state index contributed by atoms with van der Waals surface area (Å²) in [5, 5.41) is -0.369. The maximum atomic E-state index is 12.6. The number of hydrogen-bond acceptors (Lipinski definition) is 0. The third-order valence-corrected chi connectivity index (χ3v) is 3.19. The first-order valence-electron chi connectivity index (χ1n) is 5.91. The minimum absolute atomic E-state index is 0.134. The zero-order valence-corrected chi connectivity index (χ0v) is 11.6. The summed E-state index contributed by atoms with van der Waals surface area (Å²) >= 11 is 6.17. The fraction of sp³-hybridized carbons (Fsp3) is 0.571. The molecule has 1 aromatic carbocycles. The minimum atomic E-state index is -4.31. The van der Waals surface area contributed by atoms with Gasteiger partial charge in [-0.25, -0.2) is 0 Å². The molecule has 1 unspecified atom stereocenters. The molecule has 0 saturated carbocycles. The summed E-state index contributed by atoms with van der Waals surface area (Å²) in [7, 11) is 0. The highest BCUT2D eigenvalue weighted by Gasteiger charge is 2.30. The Balaban J connectivity index is 2.78. The van der Waals surface area contributed by atoms with E-state index < -0.39 is 11.7 Å². The van der Waals surface area contributed by atoms with Crippen molar-refractivity contribution in [1.29, 1.82) is 0 Å². The SMILES string of the molecule is CC(C)(C)CCC(Cl)c1cccc(C(F)(F)F)c1. The Kier molecular flexibility index (Phi) is 4.71. The van der Waals surface area contributed by atoms with Gasteiger partial charge in [-0.2, -0.15) is 13.2 Å². The van der Waals surface area contributed by atoms with E-state index in [0.717, 1.165) is 18.6 Å². The van der Waals surface area contributed by atoms with E-state index in [1.165, 1.54) is 6.07 Å². The van der Waals surface area contributed by atoms with Crippen molar-refractivity contribution in [2.45, 2.75) is 45.2 Å². The van der Waals surface area contributed by atoms with Gasteiger partial charge in [0.05, 0.1) is 10.9 Å². The lowest BCUT2D eigenvalue weighted by atomic mass is 9.88. The van der Waals surface area contributed by atoms with Gasteiger partial charge in [0, 0.05) is 0 Å². The zero-order chi connectivity index (χ0) is 14.0. The van der Waals surface area contributed by atoms with Gasteiger partial charge >= 0.3 is 6.18 Å². The van der Waals surface area contributed by atoms with E-state index in [9.17, 15) is 13.2 Å². The van der Waals surface area contributed by atoms with Crippen LogP contribution in [0.5, 0.6) is 0 Å². The smallest absolute Gasteiger partial charge is 0.166 e. The molecular weight excluding hydrogens is 261 g/mol. The van der Waals surface area contributed by atoms with Crippen molar-refractivity contribution in [2.24, 2.45) is 5.41 Å². The van der Waals surface area contributed by atoms with E-state index >= 15 is 0 Å². The Bertz CT molecular complexity index is 391. The Morgan fingerprint density at radius 1 is 1.17 bits per heavy atom. The van der Waals surface area contributed by atoms with Crippen LogP contribution in [0, 0.1) is 5.41 Å². The molecule has 0 amide bonds. The third kappa shape index (κ3) is 4.89. The van der Waals surface area contributed by atoms with Gasteiger partial charge in [0.25, 0.3) is 0 Å². The molecule has 0 heterocycles. The van der Waals surface area contributed by atoms with Crippen molar-refractivity contribution < 1.29 is 13.2 Å². The Hall–Kier alpha value is -0.700. The highest BCUT2D eigenvalue weighted by molar-refractivity contribution is 6.20. The average molecular weight is 279 g/mol. The number of alkyl halides is 4. The van der Waals surface area contributed by atoms with Crippen LogP contribution in [-0.2, 0) is 6.18 Å². The first-order chi connectivity index (χ1) is 8.09. The first kappa shape index (κ1) is 15.4. The van der Waals surface area contributed by atoms with Crippen molar-refractivity contribution >= 4 is 11.6 Å². The summed E-state index contributed by atoms with van der Waals surface area (Å²) < 4.78 is 37.7. The minimum Gasteiger partial charge on any atom is -0.166 e. The average Bonchev–Trinajstić information content (AvgIpc) is 2.24. The van der Waals surface area contributed by atoms with Gasteiger partial charge in [-0.15, -0.1) is 11.6 Å². The van der Waals surface area contributed by atoms with Gasteiger partial charge in [0.1, 0.15) is 0 Å². The predicted molar refractivity (Wildman–Crippen MR) is 68.7 cm³/mol. The standard InChI is InChI=1S/C14H18ClF3/c1-13(2,3)8-7-12(15)10-5-4-6-11(9-10)14(16,17)18/h4-6,9,12H,7-8H2,1-3H3. The molecule has 0 aromatic heterocycles. The highest BCUT2D eigenvalue weighted by Crippen LogP contribution is 2.35. The monoisotopic (exact) mass is 278 g/mol. The lowest BCUT2D eigenvalue weighted by molar-refractivity contribution is -0.137. The maximum Gasteiger partial charge on any atom is 0.416 e. The van der Waals surface area contributed by atoms with E-state index in [1.54, 1.807) is 6.07 Å². The number of hydrogen-bond donors (Lipinski definition) is 0. The molecule has 0 nitrogen and oxygen atoms in total. The molecule has 0 radical (unpaired) electrons. The third-order valence-electron chi connectivity index (χ3n) is 2.72. The predicted octanol–water partition coefficient (Wildman–Crippen LogP) is 5.81. The quantitative estimate of drug-likeness (QED) is 0.612. The molecule has 1 atom stereocenters. The summed E-state index contributed by atoms with van der Waals surface area (Å²) in [4.78, 5) is 0. The fourth-order valence-electron chi connectivity index (χ4n) is 1.64. The highest BCUT2D eigenvalue weighted by atomic mass is 35.5. The number of rotatable bonds is 3. The van der Waals surface area contributed by atoms with Gasteiger partial charge in [-0.1, -0.05) is 39.0 Å². The molecule has 0 aliphatic rings. The van der Waals surface area contributed by atoms with E-state index in [-0.39, 0.29) is 10.8 Å². The van der Waals surface area contributed by atoms with Crippen LogP contribution < -0.4 is 0 Å². The molecule has 1 rings (SSSR count). The second-order valence-electron chi connectivity index (χ2n) is 5.69. The molecule has 0 saturated heterocycles. The van der Waals surface area contributed by atoms with E-state index in [4.69, 9.17) is 11.6 Å². The van der Waals surface area contributed by atoms with E-state index in [1.807, 2.05) is 0 Å². The molecule has 0 fully saturated rings. The largest absolute Gasteiger partial charge is 0.416 e. The van der Waals surface area contributed by atoms with Crippen LogP contribution in [0.25, 0.3) is 0 Å². The van der Waals surface area contributed by atoms with Crippen molar-refractivity contribution in [3.63, 3.8) is 0 Å². The molecular formula is C14H18ClF3. The lowest BCUT2D eigenvalue weighted by Gasteiger charge is -2.20. The number of benzene rings is 1. The van der Waals surface area contributed by atoms with E-state index in [2.05, 4.69) is 20.8 Å². The molecule has 102 valence electrons. The maximum absolute atomic E-state index is 12.6. The fourth-order valence-corrected chi connectivity index (χ4v) is 1.88. The van der Waals surface area contributed by atoms with Crippen molar-refractivity contribution in [2.75, 3.05) is 0 Å². The van der Waals surface area contributed by atoms with Crippen molar-refractivity contribution in [1.82, 2.24) is 0 Å². The summed E-state index contributed by atoms with van der Waals surface area (Å²) in [5.74, 6) is 0. The van der Waals surface area contributed by atoms with E-state index in [0.29, 0.717) is 12.0 Å². The van der Waals surface area contributed by atoms with Crippen LogP contribution >= 0.6 is 11.6 Å². The van der Waals surface area contributed by atoms with Crippen LogP contribution in [0.3, 0.4) is 0 Å². The molecule has 0 aliphatic heterocycles. The zero-order valence-electron chi connectivity index (χ0n) is 10.8. The second-order valence-corrected chi connectivity index (χ2v) is 6.22. The molecule has 0 spiro atoms. The molecule has 1 aromatic rings. The Morgan fingerprint density at radius 2 is 1.78 bits per heavy atom.